The van der Waals surface area contributed by atoms with Crippen LogP contribution in [0.15, 0.2) is 76.4 Å². The topological polar surface area (TPSA) is 84.1 Å². The smallest absolute Gasteiger partial charge is 0.260 e. The average molecular weight is 446 g/mol. The minimum absolute atomic E-state index is 0.116. The molecule has 4 rings (SSSR count). The highest BCUT2D eigenvalue weighted by Crippen LogP contribution is 2.30. The van der Waals surface area contributed by atoms with Crippen LogP contribution in [0.3, 0.4) is 0 Å². The number of hydrogen-bond donors (Lipinski definition) is 1. The van der Waals surface area contributed by atoms with Gasteiger partial charge in [0, 0.05) is 37.2 Å². The highest BCUT2D eigenvalue weighted by atomic mass is 32.2. The molecule has 0 fully saturated rings. The van der Waals surface area contributed by atoms with E-state index in [1.165, 1.54) is 11.8 Å². The molecule has 2 aromatic heterocycles. The normalized spacial score (nSPS) is 10.7. The van der Waals surface area contributed by atoms with Crippen LogP contribution < -0.4 is 10.2 Å². The summed E-state index contributed by atoms with van der Waals surface area (Å²) in [4.78, 5) is 23.4. The number of nitrogens with zero attached hydrogens (tertiary/aromatic N) is 4. The highest BCUT2D eigenvalue weighted by Gasteiger charge is 2.16. The number of anilines is 2. The van der Waals surface area contributed by atoms with E-state index in [0.29, 0.717) is 22.3 Å². The second kappa shape index (κ2) is 9.65. The summed E-state index contributed by atoms with van der Waals surface area (Å²) in [5.74, 6) is 0.975. The maximum absolute atomic E-state index is 12.4. The Morgan fingerprint density at radius 1 is 1.06 bits per heavy atom. The van der Waals surface area contributed by atoms with Crippen molar-refractivity contribution in [3.63, 3.8) is 0 Å². The van der Waals surface area contributed by atoms with Gasteiger partial charge in [-0.3, -0.25) is 4.79 Å². The molecule has 8 heteroatoms. The quantitative estimate of drug-likeness (QED) is 0.405. The standard InChI is InChI=1S/C24H23N5O2S/c1-16-6-8-17(9-7-16)22-27-23(31-28-22)20-5-4-14-25-24(20)32-15-21(30)26-18-10-12-19(13-11-18)29(2)3/h4-14H,15H2,1-3H3,(H,26,30). The van der Waals surface area contributed by atoms with Gasteiger partial charge in [0.1, 0.15) is 5.03 Å². The van der Waals surface area contributed by atoms with Gasteiger partial charge in [0.2, 0.25) is 11.7 Å². The molecule has 0 unspecified atom stereocenters. The van der Waals surface area contributed by atoms with Gasteiger partial charge >= 0.3 is 0 Å². The maximum Gasteiger partial charge on any atom is 0.260 e. The first kappa shape index (κ1) is 21.6. The molecule has 2 aromatic carbocycles. The second-order valence-corrected chi connectivity index (χ2v) is 8.39. The Labute approximate surface area is 190 Å². The third kappa shape index (κ3) is 5.15. The predicted molar refractivity (Wildman–Crippen MR) is 128 cm³/mol. The summed E-state index contributed by atoms with van der Waals surface area (Å²) in [5.41, 5.74) is 4.56. The molecular formula is C24H23N5O2S. The maximum atomic E-state index is 12.4. The number of nitrogens with one attached hydrogen (secondary N) is 1. The summed E-state index contributed by atoms with van der Waals surface area (Å²) in [6.45, 7) is 2.03. The van der Waals surface area contributed by atoms with Gasteiger partial charge < -0.3 is 14.7 Å². The van der Waals surface area contributed by atoms with E-state index in [-0.39, 0.29) is 11.7 Å². The van der Waals surface area contributed by atoms with Gasteiger partial charge in [-0.25, -0.2) is 4.98 Å². The van der Waals surface area contributed by atoms with Crippen molar-refractivity contribution in [1.29, 1.82) is 0 Å². The molecule has 0 aliphatic rings. The molecule has 1 N–H and O–H groups in total. The fourth-order valence-electron chi connectivity index (χ4n) is 3.00. The number of rotatable bonds is 7. The van der Waals surface area contributed by atoms with Crippen molar-refractivity contribution in [1.82, 2.24) is 15.1 Å². The third-order valence-electron chi connectivity index (χ3n) is 4.74. The van der Waals surface area contributed by atoms with Crippen molar-refractivity contribution in [3.8, 4) is 22.8 Å². The Hall–Kier alpha value is -3.65. The first-order chi connectivity index (χ1) is 15.5. The van der Waals surface area contributed by atoms with Gasteiger partial charge in [0.05, 0.1) is 11.3 Å². The molecule has 0 spiro atoms. The number of amides is 1. The fourth-order valence-corrected chi connectivity index (χ4v) is 3.78. The molecule has 0 saturated heterocycles. The summed E-state index contributed by atoms with van der Waals surface area (Å²) in [6.07, 6.45) is 1.68. The van der Waals surface area contributed by atoms with Gasteiger partial charge in [0.25, 0.3) is 5.89 Å². The summed E-state index contributed by atoms with van der Waals surface area (Å²) in [5, 5.41) is 7.67. The van der Waals surface area contributed by atoms with Crippen molar-refractivity contribution in [2.24, 2.45) is 0 Å². The lowest BCUT2D eigenvalue weighted by Gasteiger charge is -2.13. The zero-order valence-electron chi connectivity index (χ0n) is 18.1. The van der Waals surface area contributed by atoms with Crippen molar-refractivity contribution in [2.45, 2.75) is 11.9 Å². The van der Waals surface area contributed by atoms with Gasteiger partial charge in [0.15, 0.2) is 0 Å². The lowest BCUT2D eigenvalue weighted by atomic mass is 10.1. The Morgan fingerprint density at radius 3 is 2.53 bits per heavy atom. The average Bonchev–Trinajstić information content (AvgIpc) is 3.29. The molecule has 1 amide bonds. The number of aryl methyl sites for hydroxylation is 1. The SMILES string of the molecule is Cc1ccc(-c2noc(-c3cccnc3SCC(=O)Nc3ccc(N(C)C)cc3)n2)cc1. The second-order valence-electron chi connectivity index (χ2n) is 7.42. The summed E-state index contributed by atoms with van der Waals surface area (Å²) in [6, 6.07) is 19.3. The van der Waals surface area contributed by atoms with Gasteiger partial charge in [-0.2, -0.15) is 4.98 Å². The van der Waals surface area contributed by atoms with Crippen LogP contribution in [0.25, 0.3) is 22.8 Å². The van der Waals surface area contributed by atoms with E-state index in [0.717, 1.165) is 22.5 Å². The molecule has 0 aliphatic carbocycles. The zero-order chi connectivity index (χ0) is 22.5. The summed E-state index contributed by atoms with van der Waals surface area (Å²) >= 11 is 1.33. The molecule has 0 atom stereocenters. The molecule has 32 heavy (non-hydrogen) atoms. The molecule has 7 nitrogen and oxygen atoms in total. The van der Waals surface area contributed by atoms with Gasteiger partial charge in [-0.05, 0) is 43.3 Å². The minimum atomic E-state index is -0.116. The monoisotopic (exact) mass is 445 g/mol. The third-order valence-corrected chi connectivity index (χ3v) is 5.75. The fraction of sp³-hybridized carbons (Fsp3) is 0.167. The lowest BCUT2D eigenvalue weighted by Crippen LogP contribution is -2.14. The van der Waals surface area contributed by atoms with Gasteiger partial charge in [-0.1, -0.05) is 46.7 Å². The molecule has 0 radical (unpaired) electrons. The zero-order valence-corrected chi connectivity index (χ0v) is 18.9. The summed E-state index contributed by atoms with van der Waals surface area (Å²) < 4.78 is 5.49. The molecule has 4 aromatic rings. The van der Waals surface area contributed by atoms with Crippen LogP contribution in [0.4, 0.5) is 11.4 Å². The largest absolute Gasteiger partial charge is 0.378 e. The molecule has 0 saturated carbocycles. The number of thioether (sulfide) groups is 1. The molecule has 162 valence electrons. The van der Waals surface area contributed by atoms with Crippen molar-refractivity contribution < 1.29 is 9.32 Å². The van der Waals surface area contributed by atoms with E-state index in [4.69, 9.17) is 4.52 Å². The van der Waals surface area contributed by atoms with Crippen LogP contribution in [0, 0.1) is 6.92 Å². The first-order valence-corrected chi connectivity index (χ1v) is 11.0. The summed E-state index contributed by atoms with van der Waals surface area (Å²) in [7, 11) is 3.95. The molecule has 2 heterocycles. The Kier molecular flexibility index (Phi) is 6.51. The van der Waals surface area contributed by atoms with E-state index in [9.17, 15) is 4.79 Å². The van der Waals surface area contributed by atoms with Crippen LogP contribution >= 0.6 is 11.8 Å². The Morgan fingerprint density at radius 2 is 1.81 bits per heavy atom. The van der Waals surface area contributed by atoms with Crippen LogP contribution in [0.5, 0.6) is 0 Å². The van der Waals surface area contributed by atoms with Crippen molar-refractivity contribution in [2.75, 3.05) is 30.1 Å². The molecular weight excluding hydrogens is 422 g/mol. The van der Waals surface area contributed by atoms with E-state index in [2.05, 4.69) is 20.4 Å². The highest BCUT2D eigenvalue weighted by molar-refractivity contribution is 8.00. The molecule has 0 bridgehead atoms. The van der Waals surface area contributed by atoms with Crippen molar-refractivity contribution >= 4 is 29.0 Å². The minimum Gasteiger partial charge on any atom is -0.378 e. The first-order valence-electron chi connectivity index (χ1n) is 10.1. The van der Waals surface area contributed by atoms with E-state index >= 15 is 0 Å². The van der Waals surface area contributed by atoms with Gasteiger partial charge in [-0.15, -0.1) is 0 Å². The lowest BCUT2D eigenvalue weighted by molar-refractivity contribution is -0.113. The number of hydrogen-bond acceptors (Lipinski definition) is 7. The Balaban J connectivity index is 1.43. The number of aromatic nitrogens is 3. The van der Waals surface area contributed by atoms with E-state index < -0.39 is 0 Å². The van der Waals surface area contributed by atoms with Crippen LogP contribution in [-0.4, -0.2) is 40.9 Å². The van der Waals surface area contributed by atoms with E-state index in [1.54, 1.807) is 6.20 Å². The number of pyridine rings is 1. The predicted octanol–water partition coefficient (Wildman–Crippen LogP) is 4.90. The van der Waals surface area contributed by atoms with Crippen molar-refractivity contribution in [3.05, 3.63) is 72.4 Å². The van der Waals surface area contributed by atoms with E-state index in [1.807, 2.05) is 86.6 Å². The number of carbonyl (C=O) groups excluding carboxylic acids is 1. The van der Waals surface area contributed by atoms with Crippen LogP contribution in [-0.2, 0) is 4.79 Å². The number of carbonyl (C=O) groups is 1. The van der Waals surface area contributed by atoms with Crippen LogP contribution in [0.1, 0.15) is 5.56 Å². The van der Waals surface area contributed by atoms with Crippen LogP contribution in [0.2, 0.25) is 0 Å². The molecule has 0 aliphatic heterocycles. The Bertz CT molecular complexity index is 1200. The number of benzene rings is 2.